The number of nitrogens with one attached hydrogen (secondary N) is 1. The first-order chi connectivity index (χ1) is 12.2. The summed E-state index contributed by atoms with van der Waals surface area (Å²) in [6.45, 7) is 2.03. The third-order valence-corrected chi connectivity index (χ3v) is 3.90. The van der Waals surface area contributed by atoms with Crippen molar-refractivity contribution in [3.8, 4) is 17.4 Å². The minimum atomic E-state index is 0.236. The van der Waals surface area contributed by atoms with Gasteiger partial charge in [0.15, 0.2) is 0 Å². The molecular weight excluding hydrogens is 314 g/mol. The second-order valence-corrected chi connectivity index (χ2v) is 5.96. The van der Waals surface area contributed by atoms with Gasteiger partial charge >= 0.3 is 0 Å². The van der Waals surface area contributed by atoms with Gasteiger partial charge in [-0.2, -0.15) is 4.98 Å². The number of aromatic nitrogens is 3. The zero-order chi connectivity index (χ0) is 17.2. The average molecular weight is 331 g/mol. The van der Waals surface area contributed by atoms with Crippen molar-refractivity contribution in [2.75, 3.05) is 0 Å². The van der Waals surface area contributed by atoms with Crippen LogP contribution in [0.1, 0.15) is 17.1 Å². The number of aryl methyl sites for hydroxylation is 1. The van der Waals surface area contributed by atoms with E-state index in [0.29, 0.717) is 18.1 Å². The standard InChI is InChI=1S/C20H17N3O2/c1-13-9-15-12-17(5-6-18(15)22-13)25-20-7-8-21-19(23-20)11-14-3-2-4-16(24)10-14/h2-10,12,22,24H,11H2,1H3. The average Bonchev–Trinajstić information content (AvgIpc) is 2.94. The normalized spacial score (nSPS) is 10.9. The molecule has 4 aromatic rings. The van der Waals surface area contributed by atoms with E-state index in [0.717, 1.165) is 27.9 Å². The van der Waals surface area contributed by atoms with Gasteiger partial charge in [0.1, 0.15) is 17.3 Å². The summed E-state index contributed by atoms with van der Waals surface area (Å²) in [5, 5.41) is 10.7. The summed E-state index contributed by atoms with van der Waals surface area (Å²) in [4.78, 5) is 12.0. The molecule has 2 aromatic carbocycles. The number of nitrogens with zero attached hydrogens (tertiary/aromatic N) is 2. The van der Waals surface area contributed by atoms with Crippen molar-refractivity contribution in [2.45, 2.75) is 13.3 Å². The highest BCUT2D eigenvalue weighted by molar-refractivity contribution is 5.81. The second kappa shape index (κ2) is 6.28. The minimum Gasteiger partial charge on any atom is -0.508 e. The molecule has 2 N–H and O–H groups in total. The Morgan fingerprint density at radius 3 is 2.88 bits per heavy atom. The number of aromatic amines is 1. The molecule has 0 amide bonds. The van der Waals surface area contributed by atoms with Crippen molar-refractivity contribution in [1.29, 1.82) is 0 Å². The topological polar surface area (TPSA) is 71.0 Å². The summed E-state index contributed by atoms with van der Waals surface area (Å²) in [7, 11) is 0. The summed E-state index contributed by atoms with van der Waals surface area (Å²) < 4.78 is 5.88. The fourth-order valence-corrected chi connectivity index (χ4v) is 2.81. The fourth-order valence-electron chi connectivity index (χ4n) is 2.81. The molecule has 0 aliphatic rings. The Morgan fingerprint density at radius 1 is 1.08 bits per heavy atom. The third-order valence-electron chi connectivity index (χ3n) is 3.90. The molecule has 5 heteroatoms. The number of H-pyrrole nitrogens is 1. The van der Waals surface area contributed by atoms with Crippen LogP contribution in [-0.2, 0) is 6.42 Å². The van der Waals surface area contributed by atoms with Gasteiger partial charge in [0, 0.05) is 35.3 Å². The summed E-state index contributed by atoms with van der Waals surface area (Å²) in [6, 6.07) is 16.8. The van der Waals surface area contributed by atoms with Crippen molar-refractivity contribution in [3.05, 3.63) is 77.9 Å². The van der Waals surface area contributed by atoms with Gasteiger partial charge in [0.2, 0.25) is 5.88 Å². The van der Waals surface area contributed by atoms with E-state index < -0.39 is 0 Å². The van der Waals surface area contributed by atoms with E-state index in [1.54, 1.807) is 30.5 Å². The van der Waals surface area contributed by atoms with Crippen LogP contribution < -0.4 is 4.74 Å². The molecule has 0 spiro atoms. The zero-order valence-electron chi connectivity index (χ0n) is 13.7. The van der Waals surface area contributed by atoms with Crippen LogP contribution in [0.3, 0.4) is 0 Å². The Bertz CT molecular complexity index is 1040. The van der Waals surface area contributed by atoms with Gasteiger partial charge in [-0.1, -0.05) is 12.1 Å². The number of hydrogen-bond donors (Lipinski definition) is 2. The van der Waals surface area contributed by atoms with Crippen LogP contribution in [0.4, 0.5) is 0 Å². The smallest absolute Gasteiger partial charge is 0.222 e. The number of fused-ring (bicyclic) bond motifs is 1. The van der Waals surface area contributed by atoms with Gasteiger partial charge in [0.05, 0.1) is 0 Å². The highest BCUT2D eigenvalue weighted by atomic mass is 16.5. The number of phenolic OH excluding ortho intramolecular Hbond substituents is 1. The molecule has 2 aromatic heterocycles. The van der Waals surface area contributed by atoms with E-state index in [9.17, 15) is 5.11 Å². The van der Waals surface area contributed by atoms with Crippen LogP contribution in [0, 0.1) is 6.92 Å². The first-order valence-corrected chi connectivity index (χ1v) is 8.03. The van der Waals surface area contributed by atoms with E-state index in [1.165, 1.54) is 0 Å². The van der Waals surface area contributed by atoms with E-state index in [4.69, 9.17) is 4.74 Å². The highest BCUT2D eigenvalue weighted by Gasteiger charge is 2.06. The molecule has 25 heavy (non-hydrogen) atoms. The summed E-state index contributed by atoms with van der Waals surface area (Å²) >= 11 is 0. The molecule has 0 bridgehead atoms. The molecule has 4 rings (SSSR count). The van der Waals surface area contributed by atoms with Gasteiger partial charge < -0.3 is 14.8 Å². The monoisotopic (exact) mass is 331 g/mol. The Morgan fingerprint density at radius 2 is 2.00 bits per heavy atom. The predicted octanol–water partition coefficient (Wildman–Crippen LogP) is 4.36. The predicted molar refractivity (Wildman–Crippen MR) is 96.1 cm³/mol. The summed E-state index contributed by atoms with van der Waals surface area (Å²) in [5.74, 6) is 2.10. The SMILES string of the molecule is Cc1cc2cc(Oc3ccnc(Cc4cccc(O)c4)n3)ccc2[nH]1. The number of rotatable bonds is 4. The third kappa shape index (κ3) is 3.45. The number of hydrogen-bond acceptors (Lipinski definition) is 4. The Kier molecular flexibility index (Phi) is 3.82. The van der Waals surface area contributed by atoms with E-state index in [2.05, 4.69) is 21.0 Å². The van der Waals surface area contributed by atoms with Crippen molar-refractivity contribution in [2.24, 2.45) is 0 Å². The van der Waals surface area contributed by atoms with Gasteiger partial charge in [-0.15, -0.1) is 0 Å². The van der Waals surface area contributed by atoms with Gasteiger partial charge in [-0.3, -0.25) is 0 Å². The molecule has 0 atom stereocenters. The van der Waals surface area contributed by atoms with Gasteiger partial charge in [-0.05, 0) is 48.9 Å². The van der Waals surface area contributed by atoms with Crippen molar-refractivity contribution in [3.63, 3.8) is 0 Å². The Balaban J connectivity index is 1.55. The molecule has 2 heterocycles. The minimum absolute atomic E-state index is 0.236. The lowest BCUT2D eigenvalue weighted by molar-refractivity contribution is 0.459. The van der Waals surface area contributed by atoms with Crippen molar-refractivity contribution >= 4 is 10.9 Å². The zero-order valence-corrected chi connectivity index (χ0v) is 13.7. The molecule has 0 radical (unpaired) electrons. The molecule has 5 nitrogen and oxygen atoms in total. The number of aromatic hydroxyl groups is 1. The molecule has 0 saturated carbocycles. The van der Waals surface area contributed by atoms with Gasteiger partial charge in [0.25, 0.3) is 0 Å². The number of ether oxygens (including phenoxy) is 1. The van der Waals surface area contributed by atoms with Crippen molar-refractivity contribution in [1.82, 2.24) is 15.0 Å². The molecule has 0 unspecified atom stereocenters. The van der Waals surface area contributed by atoms with Crippen LogP contribution in [0.2, 0.25) is 0 Å². The fraction of sp³-hybridized carbons (Fsp3) is 0.100. The lowest BCUT2D eigenvalue weighted by Gasteiger charge is -2.07. The van der Waals surface area contributed by atoms with Crippen LogP contribution in [0.5, 0.6) is 17.4 Å². The second-order valence-electron chi connectivity index (χ2n) is 5.96. The Labute approximate surface area is 145 Å². The van der Waals surface area contributed by atoms with E-state index >= 15 is 0 Å². The molecule has 124 valence electrons. The van der Waals surface area contributed by atoms with Crippen LogP contribution >= 0.6 is 0 Å². The van der Waals surface area contributed by atoms with Crippen LogP contribution in [0.15, 0.2) is 60.8 Å². The van der Waals surface area contributed by atoms with Gasteiger partial charge in [-0.25, -0.2) is 4.98 Å². The maximum atomic E-state index is 9.56. The maximum absolute atomic E-state index is 9.56. The lowest BCUT2D eigenvalue weighted by atomic mass is 10.1. The number of phenols is 1. The largest absolute Gasteiger partial charge is 0.508 e. The van der Waals surface area contributed by atoms with E-state index in [-0.39, 0.29) is 5.75 Å². The van der Waals surface area contributed by atoms with E-state index in [1.807, 2.05) is 31.2 Å². The first kappa shape index (κ1) is 15.2. The maximum Gasteiger partial charge on any atom is 0.222 e. The number of benzene rings is 2. The molecule has 0 fully saturated rings. The molecule has 0 aliphatic carbocycles. The van der Waals surface area contributed by atoms with Crippen molar-refractivity contribution < 1.29 is 9.84 Å². The lowest BCUT2D eigenvalue weighted by Crippen LogP contribution is -1.98. The Hall–Kier alpha value is -3.34. The first-order valence-electron chi connectivity index (χ1n) is 8.03. The summed E-state index contributed by atoms with van der Waals surface area (Å²) in [5.41, 5.74) is 3.14. The molecule has 0 aliphatic heterocycles. The van der Waals surface area contributed by atoms with Crippen LogP contribution in [-0.4, -0.2) is 20.1 Å². The summed E-state index contributed by atoms with van der Waals surface area (Å²) in [6.07, 6.45) is 2.21. The quantitative estimate of drug-likeness (QED) is 0.583. The highest BCUT2D eigenvalue weighted by Crippen LogP contribution is 2.25. The van der Waals surface area contributed by atoms with Crippen LogP contribution in [0.25, 0.3) is 10.9 Å². The molecule has 0 saturated heterocycles. The molecular formula is C20H17N3O2.